The third kappa shape index (κ3) is 4.66. The molecule has 0 heterocycles. The molecule has 0 saturated heterocycles. The maximum Gasteiger partial charge on any atom is 0.122 e. The topological polar surface area (TPSA) is 44.5 Å². The molecule has 0 amide bonds. The molecule has 2 N–H and O–H groups in total. The van der Waals surface area contributed by atoms with Crippen LogP contribution >= 0.6 is 11.6 Å². The first kappa shape index (κ1) is 15.7. The molecule has 21 heavy (non-hydrogen) atoms. The molecule has 0 bridgehead atoms. The molecule has 2 rings (SSSR count). The summed E-state index contributed by atoms with van der Waals surface area (Å²) in [6, 6.07) is 13.5. The molecule has 0 aliphatic heterocycles. The minimum atomic E-state index is 0.484. The van der Waals surface area contributed by atoms with E-state index < -0.39 is 0 Å². The Bertz CT molecular complexity index is 587. The summed E-state index contributed by atoms with van der Waals surface area (Å²) in [6.07, 6.45) is 0.887. The number of nitrogens with two attached hydrogens (primary N) is 1. The molecule has 0 radical (unpaired) electrons. The number of rotatable bonds is 7. The molecule has 0 aromatic heterocycles. The Morgan fingerprint density at radius 3 is 2.38 bits per heavy atom. The lowest BCUT2D eigenvalue weighted by atomic mass is 10.1. The fourth-order valence-electron chi connectivity index (χ4n) is 1.99. The minimum Gasteiger partial charge on any atom is -0.490 e. The molecule has 0 unspecified atom stereocenters. The van der Waals surface area contributed by atoms with Gasteiger partial charge in [0.2, 0.25) is 0 Å². The Hall–Kier alpha value is -1.71. The zero-order valence-corrected chi connectivity index (χ0v) is 12.9. The lowest BCUT2D eigenvalue weighted by molar-refractivity contribution is 0.217. The van der Waals surface area contributed by atoms with Gasteiger partial charge in [0.15, 0.2) is 0 Å². The SMILES string of the molecule is CCc1cc(OCCOc2cccc(CN)c2)ccc1Cl. The highest BCUT2D eigenvalue weighted by Gasteiger charge is 2.01. The van der Waals surface area contributed by atoms with Crippen LogP contribution in [-0.4, -0.2) is 13.2 Å². The smallest absolute Gasteiger partial charge is 0.122 e. The van der Waals surface area contributed by atoms with E-state index in [4.69, 9.17) is 26.8 Å². The van der Waals surface area contributed by atoms with E-state index in [1.54, 1.807) is 0 Å². The van der Waals surface area contributed by atoms with Gasteiger partial charge in [-0.2, -0.15) is 0 Å². The van der Waals surface area contributed by atoms with Gasteiger partial charge >= 0.3 is 0 Å². The molecule has 0 aliphatic carbocycles. The monoisotopic (exact) mass is 305 g/mol. The fourth-order valence-corrected chi connectivity index (χ4v) is 2.24. The number of ether oxygens (including phenoxy) is 2. The number of hydrogen-bond acceptors (Lipinski definition) is 3. The Morgan fingerprint density at radius 2 is 1.71 bits per heavy atom. The first-order valence-corrected chi connectivity index (χ1v) is 7.43. The second-order valence-electron chi connectivity index (χ2n) is 4.66. The predicted molar refractivity (Wildman–Crippen MR) is 86.2 cm³/mol. The van der Waals surface area contributed by atoms with Crippen LogP contribution in [0, 0.1) is 0 Å². The van der Waals surface area contributed by atoms with Crippen LogP contribution in [0.3, 0.4) is 0 Å². The van der Waals surface area contributed by atoms with Gasteiger partial charge in [-0.25, -0.2) is 0 Å². The zero-order chi connectivity index (χ0) is 15.1. The summed E-state index contributed by atoms with van der Waals surface area (Å²) in [5, 5.41) is 0.777. The highest BCUT2D eigenvalue weighted by molar-refractivity contribution is 6.31. The lowest BCUT2D eigenvalue weighted by Crippen LogP contribution is -2.09. The average molecular weight is 306 g/mol. The van der Waals surface area contributed by atoms with E-state index in [1.807, 2.05) is 42.5 Å². The van der Waals surface area contributed by atoms with E-state index in [0.717, 1.165) is 34.1 Å². The predicted octanol–water partition coefficient (Wildman–Crippen LogP) is 3.82. The van der Waals surface area contributed by atoms with Crippen molar-refractivity contribution in [3.63, 3.8) is 0 Å². The summed E-state index contributed by atoms with van der Waals surface area (Å²) in [5.41, 5.74) is 7.74. The van der Waals surface area contributed by atoms with Crippen molar-refractivity contribution in [1.29, 1.82) is 0 Å². The van der Waals surface area contributed by atoms with Gasteiger partial charge in [-0.05, 0) is 47.9 Å². The van der Waals surface area contributed by atoms with E-state index in [1.165, 1.54) is 0 Å². The summed E-state index contributed by atoms with van der Waals surface area (Å²) in [7, 11) is 0. The van der Waals surface area contributed by atoms with Crippen LogP contribution in [-0.2, 0) is 13.0 Å². The summed E-state index contributed by atoms with van der Waals surface area (Å²) < 4.78 is 11.3. The second-order valence-corrected chi connectivity index (χ2v) is 5.06. The van der Waals surface area contributed by atoms with Crippen molar-refractivity contribution in [3.8, 4) is 11.5 Å². The van der Waals surface area contributed by atoms with E-state index in [-0.39, 0.29) is 0 Å². The van der Waals surface area contributed by atoms with Gasteiger partial charge in [0.05, 0.1) is 0 Å². The standard InChI is InChI=1S/C17H20ClNO2/c1-2-14-11-16(6-7-17(14)18)21-9-8-20-15-5-3-4-13(10-15)12-19/h3-7,10-11H,2,8-9,12,19H2,1H3. The molecular weight excluding hydrogens is 286 g/mol. The minimum absolute atomic E-state index is 0.484. The second kappa shape index (κ2) is 7.91. The number of halogens is 1. The highest BCUT2D eigenvalue weighted by Crippen LogP contribution is 2.22. The maximum absolute atomic E-state index is 6.08. The summed E-state index contributed by atoms with van der Waals surface area (Å²) in [5.74, 6) is 1.63. The van der Waals surface area contributed by atoms with Crippen molar-refractivity contribution in [1.82, 2.24) is 0 Å². The van der Waals surface area contributed by atoms with Gasteiger partial charge in [-0.1, -0.05) is 30.7 Å². The van der Waals surface area contributed by atoms with Crippen LogP contribution in [0.25, 0.3) is 0 Å². The molecule has 0 fully saturated rings. The normalized spacial score (nSPS) is 10.4. The first-order chi connectivity index (χ1) is 10.2. The highest BCUT2D eigenvalue weighted by atomic mass is 35.5. The molecule has 2 aromatic rings. The summed E-state index contributed by atoms with van der Waals surface area (Å²) in [4.78, 5) is 0. The van der Waals surface area contributed by atoms with Gasteiger partial charge in [0, 0.05) is 11.6 Å². The van der Waals surface area contributed by atoms with Crippen LogP contribution in [0.4, 0.5) is 0 Å². The summed E-state index contributed by atoms with van der Waals surface area (Å²) >= 11 is 6.08. The Morgan fingerprint density at radius 1 is 1.00 bits per heavy atom. The van der Waals surface area contributed by atoms with E-state index >= 15 is 0 Å². The third-order valence-electron chi connectivity index (χ3n) is 3.15. The number of benzene rings is 2. The van der Waals surface area contributed by atoms with Gasteiger partial charge in [0.25, 0.3) is 0 Å². The van der Waals surface area contributed by atoms with Gasteiger partial charge in [-0.3, -0.25) is 0 Å². The van der Waals surface area contributed by atoms with Crippen LogP contribution in [0.5, 0.6) is 11.5 Å². The van der Waals surface area contributed by atoms with Gasteiger partial charge in [-0.15, -0.1) is 0 Å². The maximum atomic E-state index is 6.08. The van der Waals surface area contributed by atoms with E-state index in [2.05, 4.69) is 6.92 Å². The molecule has 0 aliphatic rings. The Kier molecular flexibility index (Phi) is 5.90. The molecule has 112 valence electrons. The quantitative estimate of drug-likeness (QED) is 0.791. The van der Waals surface area contributed by atoms with Gasteiger partial charge in [0.1, 0.15) is 24.7 Å². The Labute approximate surface area is 130 Å². The Balaban J connectivity index is 1.81. The molecule has 0 spiro atoms. The van der Waals surface area contributed by atoms with Crippen molar-refractivity contribution < 1.29 is 9.47 Å². The lowest BCUT2D eigenvalue weighted by Gasteiger charge is -2.10. The molecule has 0 atom stereocenters. The van der Waals surface area contributed by atoms with E-state index in [9.17, 15) is 0 Å². The van der Waals surface area contributed by atoms with Crippen LogP contribution in [0.15, 0.2) is 42.5 Å². The molecular formula is C17H20ClNO2. The van der Waals surface area contributed by atoms with Crippen molar-refractivity contribution in [2.24, 2.45) is 5.73 Å². The number of hydrogen-bond donors (Lipinski definition) is 1. The third-order valence-corrected chi connectivity index (χ3v) is 3.52. The molecule has 3 nitrogen and oxygen atoms in total. The van der Waals surface area contributed by atoms with E-state index in [0.29, 0.717) is 19.8 Å². The summed E-state index contributed by atoms with van der Waals surface area (Å²) in [6.45, 7) is 3.55. The number of aryl methyl sites for hydroxylation is 1. The van der Waals surface area contributed by atoms with Crippen LogP contribution in [0.1, 0.15) is 18.1 Å². The largest absolute Gasteiger partial charge is 0.490 e. The average Bonchev–Trinajstić information content (AvgIpc) is 2.53. The van der Waals surface area contributed by atoms with Crippen molar-refractivity contribution in [3.05, 3.63) is 58.6 Å². The molecule has 4 heteroatoms. The van der Waals surface area contributed by atoms with Crippen molar-refractivity contribution in [2.75, 3.05) is 13.2 Å². The zero-order valence-electron chi connectivity index (χ0n) is 12.1. The van der Waals surface area contributed by atoms with Gasteiger partial charge < -0.3 is 15.2 Å². The van der Waals surface area contributed by atoms with Crippen molar-refractivity contribution in [2.45, 2.75) is 19.9 Å². The van der Waals surface area contributed by atoms with Crippen molar-refractivity contribution >= 4 is 11.6 Å². The molecule has 2 aromatic carbocycles. The fraction of sp³-hybridized carbons (Fsp3) is 0.294. The van der Waals surface area contributed by atoms with Crippen LogP contribution in [0.2, 0.25) is 5.02 Å². The molecule has 0 saturated carbocycles. The first-order valence-electron chi connectivity index (χ1n) is 7.06. The van der Waals surface area contributed by atoms with Crippen LogP contribution < -0.4 is 15.2 Å².